The van der Waals surface area contributed by atoms with Crippen molar-refractivity contribution in [2.24, 2.45) is 0 Å². The summed E-state index contributed by atoms with van der Waals surface area (Å²) in [4.78, 5) is 9.52. The van der Waals surface area contributed by atoms with Crippen LogP contribution in [0.1, 0.15) is 19.8 Å². The third-order valence-electron chi connectivity index (χ3n) is 1.62. The van der Waals surface area contributed by atoms with Crippen LogP contribution in [0.4, 0.5) is 5.69 Å². The summed E-state index contributed by atoms with van der Waals surface area (Å²) in [5.74, 6) is 0.0330. The zero-order chi connectivity index (χ0) is 11.7. The first-order chi connectivity index (χ1) is 7.11. The zero-order valence-corrected chi connectivity index (χ0v) is 9.87. The molecule has 0 radical (unpaired) electrons. The minimum Gasteiger partial charge on any atom is -0.508 e. The lowest BCUT2D eigenvalue weighted by Crippen LogP contribution is -1.85. The van der Waals surface area contributed by atoms with Gasteiger partial charge in [0.2, 0.25) is 0 Å². The number of aromatic hydroxyl groups is 1. The maximum Gasteiger partial charge on any atom is 0.269 e. The van der Waals surface area contributed by atoms with Gasteiger partial charge < -0.3 is 5.11 Å². The van der Waals surface area contributed by atoms with E-state index in [0.29, 0.717) is 0 Å². The number of hydrogen-bond acceptors (Lipinski definition) is 3. The molecule has 1 atom stereocenters. The van der Waals surface area contributed by atoms with E-state index in [0.717, 1.165) is 0 Å². The summed E-state index contributed by atoms with van der Waals surface area (Å²) in [6, 6.07) is 5.04. The summed E-state index contributed by atoms with van der Waals surface area (Å²) in [6.07, 6.45) is 3.94. The van der Waals surface area contributed by atoms with E-state index < -0.39 is 4.92 Å². The van der Waals surface area contributed by atoms with E-state index in [9.17, 15) is 10.1 Å². The van der Waals surface area contributed by atoms with Gasteiger partial charge in [0.1, 0.15) is 5.75 Å². The van der Waals surface area contributed by atoms with Crippen molar-refractivity contribution in [1.29, 1.82) is 0 Å². The molecule has 0 heterocycles. The van der Waals surface area contributed by atoms with E-state index in [-0.39, 0.29) is 11.4 Å². The molecule has 1 aromatic carbocycles. The van der Waals surface area contributed by atoms with Gasteiger partial charge >= 0.3 is 0 Å². The van der Waals surface area contributed by atoms with Crippen LogP contribution in [0.25, 0.3) is 0 Å². The summed E-state index contributed by atoms with van der Waals surface area (Å²) in [5.41, 5.74) is -0.0159. The molecule has 0 aliphatic heterocycles. The molecule has 4 nitrogen and oxygen atoms in total. The molecule has 5 heteroatoms. The Morgan fingerprint density at radius 3 is 2.20 bits per heavy atom. The smallest absolute Gasteiger partial charge is 0.269 e. The van der Waals surface area contributed by atoms with Gasteiger partial charge in [-0.25, -0.2) is 0 Å². The molecule has 0 saturated carbocycles. The molecule has 1 N–H and O–H groups in total. The van der Waals surface area contributed by atoms with E-state index in [2.05, 4.69) is 16.2 Å². The fraction of sp³-hybridized carbons (Fsp3) is 0.400. The van der Waals surface area contributed by atoms with Crippen molar-refractivity contribution in [3.05, 3.63) is 34.4 Å². The van der Waals surface area contributed by atoms with Gasteiger partial charge in [0.15, 0.2) is 0 Å². The van der Waals surface area contributed by atoms with Crippen LogP contribution in [-0.2, 0) is 0 Å². The summed E-state index contributed by atoms with van der Waals surface area (Å²) in [7, 11) is 2.70. The molecule has 0 bridgehead atoms. The van der Waals surface area contributed by atoms with Crippen LogP contribution in [0.15, 0.2) is 24.3 Å². The third kappa shape index (κ3) is 6.86. The summed E-state index contributed by atoms with van der Waals surface area (Å²) < 4.78 is 0. The average molecular weight is 229 g/mol. The van der Waals surface area contributed by atoms with Crippen LogP contribution in [0, 0.1) is 10.1 Å². The topological polar surface area (TPSA) is 63.4 Å². The Labute approximate surface area is 91.7 Å². The molecule has 0 aliphatic rings. The standard InChI is InChI=1S/C6H5NO3.C4H11P/c8-6-3-1-5(2-4-6)7(9)10;1-2-3-4-5/h1-4,8H;2-5H2,1H3. The first kappa shape index (κ1) is 13.8. The van der Waals surface area contributed by atoms with Crippen LogP contribution in [0.5, 0.6) is 5.75 Å². The number of phenols is 1. The molecular weight excluding hydrogens is 213 g/mol. The predicted octanol–water partition coefficient (Wildman–Crippen LogP) is 2.96. The Morgan fingerprint density at radius 1 is 1.40 bits per heavy atom. The Hall–Kier alpha value is -1.15. The number of benzene rings is 1. The second-order valence-electron chi connectivity index (χ2n) is 2.92. The number of unbranched alkanes of at least 4 members (excludes halogenated alkanes) is 1. The number of phenolic OH excluding ortho intramolecular Hbond substituents is 1. The second-order valence-corrected chi connectivity index (χ2v) is 3.49. The molecule has 1 aromatic rings. The lowest BCUT2D eigenvalue weighted by Gasteiger charge is -1.89. The molecule has 0 aliphatic carbocycles. The predicted molar refractivity (Wildman–Crippen MR) is 64.2 cm³/mol. The van der Waals surface area contributed by atoms with Gasteiger partial charge in [-0.1, -0.05) is 19.8 Å². The van der Waals surface area contributed by atoms with Crippen molar-refractivity contribution < 1.29 is 10.0 Å². The van der Waals surface area contributed by atoms with E-state index in [1.807, 2.05) is 0 Å². The minimum absolute atomic E-state index is 0.0159. The number of nitro groups is 1. The van der Waals surface area contributed by atoms with Crippen LogP contribution in [0.2, 0.25) is 0 Å². The molecule has 0 amide bonds. The SMILES string of the molecule is CCCCP.O=[N+]([O-])c1ccc(O)cc1. The normalized spacial score (nSPS) is 8.93. The van der Waals surface area contributed by atoms with Crippen LogP contribution in [-0.4, -0.2) is 16.2 Å². The van der Waals surface area contributed by atoms with Crippen LogP contribution < -0.4 is 0 Å². The Balaban J connectivity index is 0.000000336. The van der Waals surface area contributed by atoms with Gasteiger partial charge in [-0.3, -0.25) is 10.1 Å². The monoisotopic (exact) mass is 229 g/mol. The lowest BCUT2D eigenvalue weighted by molar-refractivity contribution is -0.384. The highest BCUT2D eigenvalue weighted by atomic mass is 31.0. The molecule has 15 heavy (non-hydrogen) atoms. The minimum atomic E-state index is -0.514. The van der Waals surface area contributed by atoms with Crippen molar-refractivity contribution in [3.63, 3.8) is 0 Å². The fourth-order valence-corrected chi connectivity index (χ4v) is 1.19. The summed E-state index contributed by atoms with van der Waals surface area (Å²) in [6.45, 7) is 2.20. The second kappa shape index (κ2) is 8.18. The number of rotatable bonds is 3. The molecular formula is C10H16NO3P. The highest BCUT2D eigenvalue weighted by molar-refractivity contribution is 7.16. The Kier molecular flexibility index (Phi) is 7.56. The first-order valence-corrected chi connectivity index (χ1v) is 5.57. The van der Waals surface area contributed by atoms with Gasteiger partial charge in [0.05, 0.1) is 4.92 Å². The quantitative estimate of drug-likeness (QED) is 0.492. The highest BCUT2D eigenvalue weighted by Crippen LogP contribution is 2.14. The van der Waals surface area contributed by atoms with Gasteiger partial charge in [-0.2, -0.15) is 0 Å². The van der Waals surface area contributed by atoms with E-state index in [1.165, 1.54) is 43.3 Å². The van der Waals surface area contributed by atoms with Crippen molar-refractivity contribution >= 4 is 14.9 Å². The number of hydrogen-bond donors (Lipinski definition) is 1. The van der Waals surface area contributed by atoms with Gasteiger partial charge in [0, 0.05) is 12.1 Å². The number of nitro benzene ring substituents is 1. The summed E-state index contributed by atoms with van der Waals surface area (Å²) in [5, 5.41) is 18.8. The largest absolute Gasteiger partial charge is 0.508 e. The van der Waals surface area contributed by atoms with Crippen molar-refractivity contribution in [3.8, 4) is 5.75 Å². The maximum atomic E-state index is 10.0. The average Bonchev–Trinajstić information content (AvgIpc) is 2.20. The van der Waals surface area contributed by atoms with Crippen molar-refractivity contribution in [2.75, 3.05) is 6.16 Å². The van der Waals surface area contributed by atoms with Crippen LogP contribution >= 0.6 is 9.24 Å². The highest BCUT2D eigenvalue weighted by Gasteiger charge is 2.01. The molecule has 0 aromatic heterocycles. The van der Waals surface area contributed by atoms with E-state index in [1.54, 1.807) is 0 Å². The molecule has 84 valence electrons. The van der Waals surface area contributed by atoms with Gasteiger partial charge in [-0.05, 0) is 18.3 Å². The third-order valence-corrected chi connectivity index (χ3v) is 2.03. The fourth-order valence-electron chi connectivity index (χ4n) is 0.778. The number of non-ortho nitro benzene ring substituents is 1. The lowest BCUT2D eigenvalue weighted by atomic mass is 10.3. The molecule has 0 fully saturated rings. The molecule has 1 unspecified atom stereocenters. The van der Waals surface area contributed by atoms with Crippen LogP contribution in [0.3, 0.4) is 0 Å². The Bertz CT molecular complexity index is 285. The molecule has 0 spiro atoms. The molecule has 1 rings (SSSR count). The van der Waals surface area contributed by atoms with E-state index in [4.69, 9.17) is 5.11 Å². The first-order valence-electron chi connectivity index (χ1n) is 4.75. The zero-order valence-electron chi connectivity index (χ0n) is 8.72. The Morgan fingerprint density at radius 2 is 1.93 bits per heavy atom. The van der Waals surface area contributed by atoms with Gasteiger partial charge in [-0.15, -0.1) is 9.24 Å². The maximum absolute atomic E-state index is 10.0. The molecule has 0 saturated heterocycles. The van der Waals surface area contributed by atoms with Gasteiger partial charge in [0.25, 0.3) is 5.69 Å². The van der Waals surface area contributed by atoms with Crippen molar-refractivity contribution in [1.82, 2.24) is 0 Å². The number of nitrogens with zero attached hydrogens (tertiary/aromatic N) is 1. The van der Waals surface area contributed by atoms with Crippen molar-refractivity contribution in [2.45, 2.75) is 19.8 Å². The van der Waals surface area contributed by atoms with E-state index >= 15 is 0 Å². The summed E-state index contributed by atoms with van der Waals surface area (Å²) >= 11 is 0.